The molecule has 2 aromatic rings. The lowest BCUT2D eigenvalue weighted by Gasteiger charge is -2.30. The quantitative estimate of drug-likeness (QED) is 0.825. The SMILES string of the molecule is COc1ccc(CCC(=O)N2CC3CCCN3C2c2ccccc2)cc1. The molecule has 2 saturated heterocycles. The van der Waals surface area contributed by atoms with Gasteiger partial charge in [0.25, 0.3) is 0 Å². The van der Waals surface area contributed by atoms with Gasteiger partial charge in [-0.15, -0.1) is 0 Å². The van der Waals surface area contributed by atoms with Crippen molar-refractivity contribution in [3.63, 3.8) is 0 Å². The topological polar surface area (TPSA) is 32.8 Å². The summed E-state index contributed by atoms with van der Waals surface area (Å²) >= 11 is 0. The van der Waals surface area contributed by atoms with E-state index in [9.17, 15) is 4.79 Å². The number of hydrogen-bond acceptors (Lipinski definition) is 3. The number of benzene rings is 2. The Morgan fingerprint density at radius 2 is 1.88 bits per heavy atom. The average molecular weight is 350 g/mol. The molecule has 1 amide bonds. The van der Waals surface area contributed by atoms with Crippen molar-refractivity contribution in [3.8, 4) is 5.75 Å². The van der Waals surface area contributed by atoms with Gasteiger partial charge in [-0.3, -0.25) is 9.69 Å². The van der Waals surface area contributed by atoms with Gasteiger partial charge in [-0.1, -0.05) is 42.5 Å². The normalized spacial score (nSPS) is 22.4. The van der Waals surface area contributed by atoms with E-state index in [1.165, 1.54) is 24.0 Å². The van der Waals surface area contributed by atoms with Crippen LogP contribution in [-0.4, -0.2) is 41.9 Å². The summed E-state index contributed by atoms with van der Waals surface area (Å²) in [6.45, 7) is 1.95. The van der Waals surface area contributed by atoms with Gasteiger partial charge < -0.3 is 9.64 Å². The fraction of sp³-hybridized carbons (Fsp3) is 0.409. The van der Waals surface area contributed by atoms with Gasteiger partial charge in [0, 0.05) is 25.6 Å². The number of ether oxygens (including phenoxy) is 1. The van der Waals surface area contributed by atoms with Crippen LogP contribution in [-0.2, 0) is 11.2 Å². The molecular formula is C22H26N2O2. The summed E-state index contributed by atoms with van der Waals surface area (Å²) < 4.78 is 5.20. The van der Waals surface area contributed by atoms with Gasteiger partial charge in [0.05, 0.1) is 7.11 Å². The predicted molar refractivity (Wildman–Crippen MR) is 102 cm³/mol. The van der Waals surface area contributed by atoms with Crippen LogP contribution in [0.25, 0.3) is 0 Å². The van der Waals surface area contributed by atoms with Crippen LogP contribution in [0.4, 0.5) is 0 Å². The van der Waals surface area contributed by atoms with Crippen LogP contribution in [0.5, 0.6) is 5.75 Å². The molecule has 26 heavy (non-hydrogen) atoms. The highest BCUT2D eigenvalue weighted by molar-refractivity contribution is 5.77. The molecule has 0 radical (unpaired) electrons. The summed E-state index contributed by atoms with van der Waals surface area (Å²) in [5.74, 6) is 1.11. The standard InChI is InChI=1S/C22H26N2O2/c1-26-20-12-9-17(10-13-20)11-14-21(25)24-16-19-8-5-15-23(19)22(24)18-6-3-2-4-7-18/h2-4,6-7,9-10,12-13,19,22H,5,8,11,14-16H2,1H3. The molecule has 0 aliphatic carbocycles. The molecule has 0 aromatic heterocycles. The van der Waals surface area contributed by atoms with Crippen molar-refractivity contribution in [2.45, 2.75) is 37.9 Å². The maximum Gasteiger partial charge on any atom is 0.224 e. The molecule has 4 nitrogen and oxygen atoms in total. The van der Waals surface area contributed by atoms with Crippen LogP contribution in [0, 0.1) is 0 Å². The highest BCUT2D eigenvalue weighted by Gasteiger charge is 2.44. The van der Waals surface area contributed by atoms with Crippen LogP contribution in [0.15, 0.2) is 54.6 Å². The number of methoxy groups -OCH3 is 1. The number of aryl methyl sites for hydroxylation is 1. The van der Waals surface area contributed by atoms with E-state index in [1.807, 2.05) is 30.3 Å². The van der Waals surface area contributed by atoms with Gasteiger partial charge in [-0.25, -0.2) is 0 Å². The van der Waals surface area contributed by atoms with Gasteiger partial charge >= 0.3 is 0 Å². The van der Waals surface area contributed by atoms with E-state index < -0.39 is 0 Å². The molecule has 4 heteroatoms. The third-order valence-electron chi connectivity index (χ3n) is 5.64. The third kappa shape index (κ3) is 3.34. The van der Waals surface area contributed by atoms with Gasteiger partial charge in [-0.2, -0.15) is 0 Å². The monoisotopic (exact) mass is 350 g/mol. The summed E-state index contributed by atoms with van der Waals surface area (Å²) in [5.41, 5.74) is 2.41. The molecule has 2 unspecified atom stereocenters. The number of rotatable bonds is 5. The first-order chi connectivity index (χ1) is 12.8. The molecule has 2 aliphatic heterocycles. The molecule has 0 bridgehead atoms. The van der Waals surface area contributed by atoms with Crippen molar-refractivity contribution < 1.29 is 9.53 Å². The molecule has 2 fully saturated rings. The van der Waals surface area contributed by atoms with E-state index in [2.05, 4.69) is 34.1 Å². The fourth-order valence-corrected chi connectivity index (χ4v) is 4.30. The predicted octanol–water partition coefficient (Wildman–Crippen LogP) is 3.63. The highest BCUT2D eigenvalue weighted by Crippen LogP contribution is 2.39. The molecule has 4 rings (SSSR count). The lowest BCUT2D eigenvalue weighted by molar-refractivity contribution is -0.133. The van der Waals surface area contributed by atoms with Crippen molar-refractivity contribution in [1.29, 1.82) is 0 Å². The first kappa shape index (κ1) is 17.1. The van der Waals surface area contributed by atoms with Crippen molar-refractivity contribution in [1.82, 2.24) is 9.80 Å². The zero-order valence-electron chi connectivity index (χ0n) is 15.3. The summed E-state index contributed by atoms with van der Waals surface area (Å²) in [6, 6.07) is 19.0. The third-order valence-corrected chi connectivity index (χ3v) is 5.64. The Kier molecular flexibility index (Phi) is 4.93. The van der Waals surface area contributed by atoms with E-state index in [1.54, 1.807) is 7.11 Å². The first-order valence-corrected chi connectivity index (χ1v) is 9.49. The Labute approximate surface area is 155 Å². The molecule has 2 heterocycles. The summed E-state index contributed by atoms with van der Waals surface area (Å²) in [7, 11) is 1.67. The minimum Gasteiger partial charge on any atom is -0.497 e. The highest BCUT2D eigenvalue weighted by atomic mass is 16.5. The fourth-order valence-electron chi connectivity index (χ4n) is 4.30. The van der Waals surface area contributed by atoms with Crippen molar-refractivity contribution in [2.24, 2.45) is 0 Å². The molecule has 136 valence electrons. The second kappa shape index (κ2) is 7.50. The van der Waals surface area contributed by atoms with Crippen LogP contribution in [0.1, 0.15) is 36.6 Å². The minimum atomic E-state index is 0.104. The van der Waals surface area contributed by atoms with E-state index in [-0.39, 0.29) is 12.1 Å². The first-order valence-electron chi connectivity index (χ1n) is 9.49. The number of carbonyl (C=O) groups excluding carboxylic acids is 1. The van der Waals surface area contributed by atoms with Crippen molar-refractivity contribution in [3.05, 3.63) is 65.7 Å². The molecule has 0 saturated carbocycles. The van der Waals surface area contributed by atoms with E-state index in [0.717, 1.165) is 25.3 Å². The Morgan fingerprint density at radius 1 is 1.12 bits per heavy atom. The van der Waals surface area contributed by atoms with E-state index in [0.29, 0.717) is 12.5 Å². The number of carbonyl (C=O) groups is 1. The summed E-state index contributed by atoms with van der Waals surface area (Å²) in [6.07, 6.45) is 3.86. The number of nitrogens with zero attached hydrogens (tertiary/aromatic N) is 2. The number of amides is 1. The smallest absolute Gasteiger partial charge is 0.224 e. The van der Waals surface area contributed by atoms with Crippen LogP contribution >= 0.6 is 0 Å². The van der Waals surface area contributed by atoms with Gasteiger partial charge in [0.1, 0.15) is 11.9 Å². The second-order valence-electron chi connectivity index (χ2n) is 7.21. The molecule has 2 aromatic carbocycles. The molecule has 0 spiro atoms. The Morgan fingerprint density at radius 3 is 2.62 bits per heavy atom. The molecular weight excluding hydrogens is 324 g/mol. The van der Waals surface area contributed by atoms with Gasteiger partial charge in [0.15, 0.2) is 0 Å². The largest absolute Gasteiger partial charge is 0.497 e. The van der Waals surface area contributed by atoms with Gasteiger partial charge in [-0.05, 0) is 42.5 Å². The maximum absolute atomic E-state index is 13.0. The van der Waals surface area contributed by atoms with Crippen molar-refractivity contribution >= 4 is 5.91 Å². The number of hydrogen-bond donors (Lipinski definition) is 0. The second-order valence-corrected chi connectivity index (χ2v) is 7.21. The summed E-state index contributed by atoms with van der Waals surface area (Å²) in [4.78, 5) is 17.6. The van der Waals surface area contributed by atoms with Gasteiger partial charge in [0.2, 0.25) is 5.91 Å². The number of fused-ring (bicyclic) bond motifs is 1. The lowest BCUT2D eigenvalue weighted by Crippen LogP contribution is -2.35. The Bertz CT molecular complexity index is 744. The molecule has 2 atom stereocenters. The van der Waals surface area contributed by atoms with Crippen LogP contribution < -0.4 is 4.74 Å². The summed E-state index contributed by atoms with van der Waals surface area (Å²) in [5, 5.41) is 0. The zero-order chi connectivity index (χ0) is 17.9. The zero-order valence-corrected chi connectivity index (χ0v) is 15.3. The Balaban J connectivity index is 1.46. The minimum absolute atomic E-state index is 0.104. The van der Waals surface area contributed by atoms with E-state index >= 15 is 0 Å². The molecule has 2 aliphatic rings. The van der Waals surface area contributed by atoms with E-state index in [4.69, 9.17) is 4.74 Å². The lowest BCUT2D eigenvalue weighted by atomic mass is 10.1. The Hall–Kier alpha value is -2.33. The van der Waals surface area contributed by atoms with Crippen LogP contribution in [0.2, 0.25) is 0 Å². The van der Waals surface area contributed by atoms with Crippen molar-refractivity contribution in [2.75, 3.05) is 20.2 Å². The maximum atomic E-state index is 13.0. The van der Waals surface area contributed by atoms with Crippen LogP contribution in [0.3, 0.4) is 0 Å². The average Bonchev–Trinajstić information content (AvgIpc) is 3.28. The molecule has 0 N–H and O–H groups in total.